The number of piperazine rings is 1. The van der Waals surface area contributed by atoms with Crippen molar-refractivity contribution in [1.82, 2.24) is 55.0 Å². The van der Waals surface area contributed by atoms with Gasteiger partial charge in [0, 0.05) is 50.6 Å². The Morgan fingerprint density at radius 1 is 0.932 bits per heavy atom. The van der Waals surface area contributed by atoms with Crippen molar-refractivity contribution in [3.05, 3.63) is 90.1 Å². The lowest BCUT2D eigenvalue weighted by molar-refractivity contribution is 0.0385. The van der Waals surface area contributed by atoms with Crippen molar-refractivity contribution >= 4 is 17.0 Å². The summed E-state index contributed by atoms with van der Waals surface area (Å²) >= 11 is 0. The fourth-order valence-electron chi connectivity index (χ4n) is 5.30. The SMILES string of the molecule is Cn1cc(-c2ccc3oc(-c4ccnc(C(=O)N5CCN([C@H](c6ccccc6)c6nnn(C(F)F)n6)CC5)c4)nc3c2)nn1. The van der Waals surface area contributed by atoms with E-state index in [9.17, 15) is 13.6 Å². The van der Waals surface area contributed by atoms with Crippen LogP contribution in [0.4, 0.5) is 8.78 Å². The number of halogens is 2. The van der Waals surface area contributed by atoms with Crippen molar-refractivity contribution in [3.8, 4) is 22.7 Å². The lowest BCUT2D eigenvalue weighted by Gasteiger charge is -2.38. The number of carbonyl (C=O) groups is 1. The zero-order valence-electron chi connectivity index (χ0n) is 23.4. The maximum absolute atomic E-state index is 13.5. The summed E-state index contributed by atoms with van der Waals surface area (Å²) in [5.74, 6) is 0.311. The molecule has 222 valence electrons. The number of benzene rings is 2. The number of oxazole rings is 1. The third-order valence-corrected chi connectivity index (χ3v) is 7.46. The van der Waals surface area contributed by atoms with Gasteiger partial charge in [-0.2, -0.15) is 8.78 Å². The minimum atomic E-state index is -2.89. The number of aromatic nitrogens is 9. The largest absolute Gasteiger partial charge is 0.436 e. The van der Waals surface area contributed by atoms with Gasteiger partial charge in [-0.05, 0) is 41.1 Å². The molecule has 0 saturated carbocycles. The van der Waals surface area contributed by atoms with Crippen molar-refractivity contribution in [2.75, 3.05) is 26.2 Å². The third kappa shape index (κ3) is 5.28. The Bertz CT molecular complexity index is 1930. The predicted molar refractivity (Wildman–Crippen MR) is 152 cm³/mol. The summed E-state index contributed by atoms with van der Waals surface area (Å²) in [5, 5.41) is 19.5. The number of alkyl halides is 2. The first-order chi connectivity index (χ1) is 21.4. The number of pyridine rings is 1. The summed E-state index contributed by atoms with van der Waals surface area (Å²) in [7, 11) is 1.80. The molecule has 0 aliphatic carbocycles. The number of amides is 1. The second-order valence-electron chi connectivity index (χ2n) is 10.3. The van der Waals surface area contributed by atoms with Gasteiger partial charge < -0.3 is 9.32 Å². The number of fused-ring (bicyclic) bond motifs is 1. The Morgan fingerprint density at radius 2 is 1.75 bits per heavy atom. The van der Waals surface area contributed by atoms with E-state index < -0.39 is 12.6 Å². The number of hydrogen-bond donors (Lipinski definition) is 0. The van der Waals surface area contributed by atoms with Gasteiger partial charge in [-0.25, -0.2) is 4.98 Å². The topological polar surface area (TPSA) is 137 Å². The van der Waals surface area contributed by atoms with Gasteiger partial charge in [0.1, 0.15) is 16.9 Å². The Hall–Kier alpha value is -5.44. The Kier molecular flexibility index (Phi) is 7.06. The molecular formula is C29H25F2N11O2. The third-order valence-electron chi connectivity index (χ3n) is 7.46. The van der Waals surface area contributed by atoms with Crippen LogP contribution in [0.5, 0.6) is 0 Å². The molecule has 6 aromatic rings. The van der Waals surface area contributed by atoms with Gasteiger partial charge in [-0.15, -0.1) is 15.3 Å². The monoisotopic (exact) mass is 597 g/mol. The molecule has 1 aliphatic rings. The van der Waals surface area contributed by atoms with Crippen LogP contribution in [0.3, 0.4) is 0 Å². The van der Waals surface area contributed by atoms with Gasteiger partial charge in [0.25, 0.3) is 5.91 Å². The minimum absolute atomic E-state index is 0.174. The van der Waals surface area contributed by atoms with E-state index in [1.54, 1.807) is 35.0 Å². The Balaban J connectivity index is 1.08. The molecule has 0 radical (unpaired) electrons. The molecule has 0 bridgehead atoms. The highest BCUT2D eigenvalue weighted by Gasteiger charge is 2.32. The van der Waals surface area contributed by atoms with Crippen molar-refractivity contribution < 1.29 is 18.0 Å². The fourth-order valence-corrected chi connectivity index (χ4v) is 5.30. The predicted octanol–water partition coefficient (Wildman–Crippen LogP) is 3.61. The van der Waals surface area contributed by atoms with Gasteiger partial charge in [0.2, 0.25) is 5.89 Å². The van der Waals surface area contributed by atoms with Crippen molar-refractivity contribution in [2.24, 2.45) is 7.05 Å². The average molecular weight is 598 g/mol. The standard InChI is InChI=1S/C29H25F2N11O2/c1-39-17-23(34-37-39)19-7-8-24-21(15-19)33-27(44-24)20-9-10-32-22(16-20)28(43)41-13-11-40(12-14-41)25(18-5-3-2-4-6-18)26-35-38-42(36-26)29(30)31/h2-10,15-17,25,29H,11-14H2,1H3/t25-/m1/s1. The first-order valence-corrected chi connectivity index (χ1v) is 13.8. The first-order valence-electron chi connectivity index (χ1n) is 13.8. The molecule has 0 unspecified atom stereocenters. The molecule has 4 aromatic heterocycles. The Labute approximate surface area is 248 Å². The van der Waals surface area contributed by atoms with E-state index in [4.69, 9.17) is 4.42 Å². The number of aryl methyl sites for hydroxylation is 1. The molecule has 13 nitrogen and oxygen atoms in total. The number of nitrogens with zero attached hydrogens (tertiary/aromatic N) is 11. The molecule has 0 N–H and O–H groups in total. The normalized spacial score (nSPS) is 14.9. The van der Waals surface area contributed by atoms with Gasteiger partial charge >= 0.3 is 6.55 Å². The van der Waals surface area contributed by atoms with Crippen LogP contribution in [-0.4, -0.2) is 87.1 Å². The smallest absolute Gasteiger partial charge is 0.350 e. The summed E-state index contributed by atoms with van der Waals surface area (Å²) in [6, 6.07) is 17.9. The van der Waals surface area contributed by atoms with Crippen LogP contribution in [-0.2, 0) is 7.05 Å². The molecule has 1 amide bonds. The van der Waals surface area contributed by atoms with Crippen LogP contribution in [0.2, 0.25) is 0 Å². The molecule has 5 heterocycles. The quantitative estimate of drug-likeness (QED) is 0.268. The average Bonchev–Trinajstić information content (AvgIpc) is 3.82. The minimum Gasteiger partial charge on any atom is -0.436 e. The van der Waals surface area contributed by atoms with Gasteiger partial charge in [0.15, 0.2) is 11.4 Å². The van der Waals surface area contributed by atoms with E-state index in [1.807, 2.05) is 54.7 Å². The van der Waals surface area contributed by atoms with Crippen LogP contribution in [0, 0.1) is 0 Å². The van der Waals surface area contributed by atoms with Crippen molar-refractivity contribution in [3.63, 3.8) is 0 Å². The number of hydrogen-bond acceptors (Lipinski definition) is 10. The van der Waals surface area contributed by atoms with Gasteiger partial charge in [-0.1, -0.05) is 40.3 Å². The summed E-state index contributed by atoms with van der Waals surface area (Å²) in [4.78, 5) is 26.6. The van der Waals surface area contributed by atoms with Crippen LogP contribution in [0.25, 0.3) is 33.8 Å². The highest BCUT2D eigenvalue weighted by atomic mass is 19.3. The van der Waals surface area contributed by atoms with E-state index in [1.165, 1.54) is 0 Å². The molecule has 7 rings (SSSR count). The molecular weight excluding hydrogens is 572 g/mol. The Morgan fingerprint density at radius 3 is 2.48 bits per heavy atom. The van der Waals surface area contributed by atoms with Crippen LogP contribution in [0.1, 0.15) is 34.5 Å². The molecule has 1 saturated heterocycles. The maximum atomic E-state index is 13.5. The van der Waals surface area contributed by atoms with Crippen molar-refractivity contribution in [2.45, 2.75) is 12.6 Å². The summed E-state index contributed by atoms with van der Waals surface area (Å²) in [6.45, 7) is -1.17. The van der Waals surface area contributed by atoms with Crippen molar-refractivity contribution in [1.29, 1.82) is 0 Å². The molecule has 15 heteroatoms. The van der Waals surface area contributed by atoms with E-state index in [2.05, 4.69) is 40.6 Å². The molecule has 1 atom stereocenters. The zero-order chi connectivity index (χ0) is 30.2. The summed E-state index contributed by atoms with van der Waals surface area (Å²) in [5.41, 5.74) is 4.57. The maximum Gasteiger partial charge on any atom is 0.350 e. The van der Waals surface area contributed by atoms with Crippen LogP contribution >= 0.6 is 0 Å². The van der Waals surface area contributed by atoms with E-state index in [0.29, 0.717) is 53.5 Å². The highest BCUT2D eigenvalue weighted by Crippen LogP contribution is 2.30. The van der Waals surface area contributed by atoms with Gasteiger partial charge in [0.05, 0.1) is 12.2 Å². The molecule has 2 aromatic carbocycles. The van der Waals surface area contributed by atoms with Gasteiger partial charge in [-0.3, -0.25) is 19.4 Å². The van der Waals surface area contributed by atoms with E-state index in [0.717, 1.165) is 16.8 Å². The molecule has 0 spiro atoms. The lowest BCUT2D eigenvalue weighted by atomic mass is 10.0. The molecule has 1 aliphatic heterocycles. The lowest BCUT2D eigenvalue weighted by Crippen LogP contribution is -2.50. The molecule has 44 heavy (non-hydrogen) atoms. The first kappa shape index (κ1) is 27.4. The van der Waals surface area contributed by atoms with E-state index in [-0.39, 0.29) is 17.4 Å². The molecule has 1 fully saturated rings. The second-order valence-corrected chi connectivity index (χ2v) is 10.3. The van der Waals surface area contributed by atoms with E-state index >= 15 is 0 Å². The second kappa shape index (κ2) is 11.3. The number of carbonyl (C=O) groups excluding carboxylic acids is 1. The fraction of sp³-hybridized carbons (Fsp3) is 0.241. The number of tetrazole rings is 1. The van der Waals surface area contributed by atoms with Crippen LogP contribution < -0.4 is 0 Å². The number of rotatable bonds is 7. The zero-order valence-corrected chi connectivity index (χ0v) is 23.4. The summed E-state index contributed by atoms with van der Waals surface area (Å²) in [6.07, 6.45) is 3.38. The summed E-state index contributed by atoms with van der Waals surface area (Å²) < 4.78 is 34.0. The highest BCUT2D eigenvalue weighted by molar-refractivity contribution is 5.93. The van der Waals surface area contributed by atoms with Crippen LogP contribution in [0.15, 0.2) is 77.5 Å².